The smallest absolute Gasteiger partial charge is 0.379 e. The van der Waals surface area contributed by atoms with Crippen molar-refractivity contribution in [3.63, 3.8) is 0 Å². The monoisotopic (exact) mass is 787 g/mol. The van der Waals surface area contributed by atoms with Gasteiger partial charge in [0.1, 0.15) is 30.0 Å². The highest BCUT2D eigenvalue weighted by molar-refractivity contribution is 7.70. The van der Waals surface area contributed by atoms with Gasteiger partial charge in [-0.2, -0.15) is 0 Å². The Morgan fingerprint density at radius 3 is 2.20 bits per heavy atom. The summed E-state index contributed by atoms with van der Waals surface area (Å²) in [5.74, 6) is -2.14. The lowest BCUT2D eigenvalue weighted by molar-refractivity contribution is -0.144. The van der Waals surface area contributed by atoms with Crippen LogP contribution in [0.25, 0.3) is 10.9 Å². The fourth-order valence-corrected chi connectivity index (χ4v) is 7.93. The van der Waals surface area contributed by atoms with Gasteiger partial charge in [0.2, 0.25) is 17.7 Å². The van der Waals surface area contributed by atoms with Crippen molar-refractivity contribution in [1.82, 2.24) is 30.7 Å². The summed E-state index contributed by atoms with van der Waals surface area (Å²) in [4.78, 5) is 93.1. The van der Waals surface area contributed by atoms with Crippen molar-refractivity contribution < 1.29 is 43.4 Å². The Balaban J connectivity index is 1.20. The normalized spacial score (nSPS) is 20.1. The Bertz CT molecular complexity index is 2090. The van der Waals surface area contributed by atoms with Gasteiger partial charge in [0.05, 0.1) is 6.04 Å². The maximum atomic E-state index is 14.3. The van der Waals surface area contributed by atoms with Gasteiger partial charge in [-0.05, 0) is 81.1 Å². The fraction of sp³-hybridized carbons (Fsp3) is 0.359. The standard InChI is InChI=1S/C39H46N7O9P/c1-45-19-18-27-13-16-32(37(50)42-29(15-17-33(40)47)35(48)44-34(23-8-4-2-5-9-23)24-10-6-3-7-11-24)46(27)38(51)31(22-45)43-36(49)30-21-26-20-25(12-14-28(26)41-30)39(52)56(53,54)55/h2-12,14,20-21,27,29,31-34,41,47H,13,15-19,22,40H2,1H3,(H,42,50)(H,43,49)(H,44,48)(H2,53,54,55)/t27-,29+,31+,32+,33?/m1/s1. The number of aliphatic hydroxyl groups excluding tert-OH is 1. The molecule has 16 nitrogen and oxygen atoms in total. The minimum atomic E-state index is -5.02. The first kappa shape index (κ1) is 40.4. The largest absolute Gasteiger partial charge is 0.396 e. The average molecular weight is 788 g/mol. The summed E-state index contributed by atoms with van der Waals surface area (Å²) in [7, 11) is -3.19. The molecule has 17 heteroatoms. The van der Waals surface area contributed by atoms with Crippen LogP contribution in [0.5, 0.6) is 0 Å². The predicted molar refractivity (Wildman–Crippen MR) is 206 cm³/mol. The lowest BCUT2D eigenvalue weighted by Gasteiger charge is -2.38. The highest BCUT2D eigenvalue weighted by Crippen LogP contribution is 2.39. The lowest BCUT2D eigenvalue weighted by Crippen LogP contribution is -2.61. The number of fused-ring (bicyclic) bond motifs is 2. The van der Waals surface area contributed by atoms with Crippen molar-refractivity contribution in [2.75, 3.05) is 20.1 Å². The molecule has 0 saturated carbocycles. The topological polar surface area (TPSA) is 247 Å². The van der Waals surface area contributed by atoms with E-state index in [9.17, 15) is 43.4 Å². The van der Waals surface area contributed by atoms with Crippen LogP contribution in [0, 0.1) is 0 Å². The van der Waals surface area contributed by atoms with Crippen LogP contribution in [-0.2, 0) is 18.9 Å². The Labute approximate surface area is 323 Å². The number of likely N-dealkylation sites (N-methyl/N-ethyl adjacent to an activating group) is 1. The second kappa shape index (κ2) is 17.3. The van der Waals surface area contributed by atoms with Crippen molar-refractivity contribution in [2.45, 2.75) is 68.5 Å². The molecule has 5 atom stereocenters. The van der Waals surface area contributed by atoms with Crippen molar-refractivity contribution in [1.29, 1.82) is 0 Å². The molecule has 296 valence electrons. The van der Waals surface area contributed by atoms with Gasteiger partial charge >= 0.3 is 7.60 Å². The second-order valence-corrected chi connectivity index (χ2v) is 15.9. The van der Waals surface area contributed by atoms with Crippen LogP contribution in [0.3, 0.4) is 0 Å². The number of carbonyl (C=O) groups is 5. The SMILES string of the molecule is CN1CC[C@H]2CC[C@@H](C(=O)N[C@@H](CCC(N)O)C(=O)NC(c3ccccc3)c3ccccc3)N2C(=O)[C@@H](NC(=O)c2cc3cc(C(=O)P(=O)(O)O)ccc3[nH]2)C1. The average Bonchev–Trinajstić information content (AvgIpc) is 3.81. The summed E-state index contributed by atoms with van der Waals surface area (Å²) in [6.07, 6.45) is 0.261. The molecule has 2 saturated heterocycles. The molecule has 0 spiro atoms. The van der Waals surface area contributed by atoms with Crippen molar-refractivity contribution in [3.8, 4) is 0 Å². The number of hydrogen-bond donors (Lipinski definition) is 8. The van der Waals surface area contributed by atoms with E-state index in [1.54, 1.807) is 0 Å². The van der Waals surface area contributed by atoms with Gasteiger partial charge in [0.15, 0.2) is 0 Å². The summed E-state index contributed by atoms with van der Waals surface area (Å²) in [5, 5.41) is 19.0. The van der Waals surface area contributed by atoms with Crippen LogP contribution in [0.1, 0.15) is 70.1 Å². The van der Waals surface area contributed by atoms with E-state index in [1.165, 1.54) is 29.2 Å². The molecule has 9 N–H and O–H groups in total. The summed E-state index contributed by atoms with van der Waals surface area (Å²) in [5.41, 5.74) is 6.21. The molecule has 0 bridgehead atoms. The summed E-state index contributed by atoms with van der Waals surface area (Å²) in [6.45, 7) is 0.723. The first-order valence-corrected chi connectivity index (χ1v) is 20.0. The number of amides is 4. The zero-order valence-corrected chi connectivity index (χ0v) is 31.6. The van der Waals surface area contributed by atoms with Crippen molar-refractivity contribution in [3.05, 3.63) is 107 Å². The van der Waals surface area contributed by atoms with Gasteiger partial charge in [-0.15, -0.1) is 0 Å². The molecule has 4 aromatic rings. The van der Waals surface area contributed by atoms with Crippen LogP contribution < -0.4 is 21.7 Å². The number of benzene rings is 3. The Kier molecular flexibility index (Phi) is 12.5. The third kappa shape index (κ3) is 9.41. The zero-order chi connectivity index (χ0) is 40.1. The highest BCUT2D eigenvalue weighted by atomic mass is 31.2. The highest BCUT2D eigenvalue weighted by Gasteiger charge is 2.45. The lowest BCUT2D eigenvalue weighted by atomic mass is 9.98. The maximum absolute atomic E-state index is 14.3. The number of hydrogen-bond acceptors (Lipinski definition) is 9. The van der Waals surface area contributed by atoms with Gasteiger partial charge in [-0.3, -0.25) is 28.5 Å². The minimum absolute atomic E-state index is 0.0190. The number of aromatic amines is 1. The molecule has 6 rings (SSSR count). The summed E-state index contributed by atoms with van der Waals surface area (Å²) < 4.78 is 11.5. The van der Waals surface area contributed by atoms with Gasteiger partial charge in [0.25, 0.3) is 11.4 Å². The molecule has 0 aliphatic carbocycles. The van der Waals surface area contributed by atoms with E-state index in [4.69, 9.17) is 5.73 Å². The fourth-order valence-electron chi connectivity index (χ4n) is 7.45. The van der Waals surface area contributed by atoms with Crippen LogP contribution >= 0.6 is 7.60 Å². The summed E-state index contributed by atoms with van der Waals surface area (Å²) >= 11 is 0. The Hall–Kier alpha value is -5.22. The van der Waals surface area contributed by atoms with Crippen LogP contribution in [0.4, 0.5) is 0 Å². The van der Waals surface area contributed by atoms with Gasteiger partial charge in [-0.25, -0.2) is 0 Å². The minimum Gasteiger partial charge on any atom is -0.379 e. The molecular weight excluding hydrogens is 741 g/mol. The van der Waals surface area contributed by atoms with Crippen molar-refractivity contribution >= 4 is 47.7 Å². The van der Waals surface area contributed by atoms with Crippen LogP contribution in [0.2, 0.25) is 0 Å². The van der Waals surface area contributed by atoms with Gasteiger partial charge in [-0.1, -0.05) is 60.7 Å². The number of rotatable bonds is 13. The van der Waals surface area contributed by atoms with E-state index >= 15 is 0 Å². The molecule has 2 fully saturated rings. The van der Waals surface area contributed by atoms with E-state index < -0.39 is 67.1 Å². The molecule has 2 aliphatic rings. The Morgan fingerprint density at radius 1 is 0.911 bits per heavy atom. The van der Waals surface area contributed by atoms with Crippen LogP contribution in [0.15, 0.2) is 84.9 Å². The van der Waals surface area contributed by atoms with E-state index in [1.807, 2.05) is 72.6 Å². The third-order valence-corrected chi connectivity index (χ3v) is 11.1. The summed E-state index contributed by atoms with van der Waals surface area (Å²) in [6, 6.07) is 20.1. The van der Waals surface area contributed by atoms with Gasteiger partial charge in [0, 0.05) is 29.1 Å². The maximum Gasteiger partial charge on any atom is 0.396 e. The predicted octanol–water partition coefficient (Wildman–Crippen LogP) is 1.73. The number of aromatic nitrogens is 1. The van der Waals surface area contributed by atoms with Gasteiger partial charge < -0.3 is 51.4 Å². The number of H-pyrrole nitrogens is 1. The quantitative estimate of drug-likeness (QED) is 0.0716. The van der Waals surface area contributed by atoms with E-state index in [0.717, 1.165) is 11.1 Å². The van der Waals surface area contributed by atoms with Crippen molar-refractivity contribution in [2.24, 2.45) is 5.73 Å². The number of carbonyl (C=O) groups excluding carboxylic acids is 5. The molecule has 3 aromatic carbocycles. The molecule has 3 heterocycles. The first-order valence-electron chi connectivity index (χ1n) is 18.4. The molecule has 2 aliphatic heterocycles. The second-order valence-electron chi connectivity index (χ2n) is 14.4. The first-order chi connectivity index (χ1) is 26.7. The third-order valence-electron chi connectivity index (χ3n) is 10.3. The van der Waals surface area contributed by atoms with E-state index in [2.05, 4.69) is 20.9 Å². The molecular formula is C39H46N7O9P. The van der Waals surface area contributed by atoms with E-state index in [-0.39, 0.29) is 36.7 Å². The molecule has 0 radical (unpaired) electrons. The Morgan fingerprint density at radius 2 is 1.57 bits per heavy atom. The number of aliphatic hydroxyl groups is 1. The number of nitrogens with two attached hydrogens (primary N) is 1. The molecule has 4 amide bonds. The number of nitrogens with one attached hydrogen (secondary N) is 4. The van der Waals surface area contributed by atoms with E-state index in [0.29, 0.717) is 36.7 Å². The zero-order valence-electron chi connectivity index (χ0n) is 30.7. The molecule has 1 unspecified atom stereocenters. The molecule has 56 heavy (non-hydrogen) atoms. The number of nitrogens with zero attached hydrogens (tertiary/aromatic N) is 2. The van der Waals surface area contributed by atoms with Crippen LogP contribution in [-0.4, -0.2) is 109 Å². The molecule has 1 aromatic heterocycles.